The largest absolute Gasteiger partial charge is 0.388 e. The molecular weight excluding hydrogens is 478 g/mol. The van der Waals surface area contributed by atoms with Crippen LogP contribution in [0.15, 0.2) is 42.7 Å². The Balaban J connectivity index is 1.24. The number of likely N-dealkylation sites (N-methyl/N-ethyl adjacent to an activating group) is 1. The van der Waals surface area contributed by atoms with Gasteiger partial charge in [0.05, 0.1) is 42.3 Å². The molecule has 0 radical (unpaired) electrons. The number of hydrogen-bond acceptors (Lipinski definition) is 7. The maximum absolute atomic E-state index is 14.0. The van der Waals surface area contributed by atoms with Gasteiger partial charge in [-0.2, -0.15) is 0 Å². The molecule has 4 fully saturated rings. The van der Waals surface area contributed by atoms with Crippen molar-refractivity contribution in [2.75, 3.05) is 63.2 Å². The monoisotopic (exact) mass is 519 g/mol. The number of amides is 2. The van der Waals surface area contributed by atoms with E-state index >= 15 is 0 Å². The molecule has 2 aliphatic heterocycles. The quantitative estimate of drug-likeness (QED) is 0.607. The molecule has 9 nitrogen and oxygen atoms in total. The number of carbonyl (C=O) groups excluding carboxylic acids is 1. The maximum Gasteiger partial charge on any atom is 0.325 e. The van der Waals surface area contributed by atoms with E-state index in [1.807, 2.05) is 16.8 Å². The Morgan fingerprint density at radius 1 is 0.947 bits per heavy atom. The van der Waals surface area contributed by atoms with E-state index in [-0.39, 0.29) is 17.1 Å². The van der Waals surface area contributed by atoms with Crippen molar-refractivity contribution in [2.24, 2.45) is 0 Å². The molecule has 2 aliphatic carbocycles. The highest BCUT2D eigenvalue weighted by Gasteiger charge is 2.56. The van der Waals surface area contributed by atoms with Gasteiger partial charge in [-0.15, -0.1) is 0 Å². The second kappa shape index (κ2) is 9.77. The number of piperazine rings is 1. The van der Waals surface area contributed by atoms with Crippen molar-refractivity contribution in [3.63, 3.8) is 0 Å². The molecule has 2 N–H and O–H groups in total. The van der Waals surface area contributed by atoms with Gasteiger partial charge in [0.2, 0.25) is 5.95 Å². The minimum atomic E-state index is -0.766. The molecule has 2 saturated carbocycles. The lowest BCUT2D eigenvalue weighted by molar-refractivity contribution is -0.0690. The predicted octanol–water partition coefficient (Wildman–Crippen LogP) is 2.81. The van der Waals surface area contributed by atoms with Gasteiger partial charge < -0.3 is 25.1 Å². The summed E-state index contributed by atoms with van der Waals surface area (Å²) in [6, 6.07) is 10.6. The van der Waals surface area contributed by atoms with Gasteiger partial charge in [0.1, 0.15) is 0 Å². The highest BCUT2D eigenvalue weighted by atomic mass is 16.3. The Morgan fingerprint density at radius 3 is 2.18 bits per heavy atom. The average Bonchev–Trinajstić information content (AvgIpc) is 3.20. The van der Waals surface area contributed by atoms with Crippen LogP contribution in [0.4, 0.5) is 16.4 Å². The molecule has 1 aromatic heterocycles. The Morgan fingerprint density at radius 2 is 1.61 bits per heavy atom. The zero-order valence-electron chi connectivity index (χ0n) is 22.8. The fraction of sp³-hybridized carbons (Fsp3) is 0.621. The fourth-order valence-corrected chi connectivity index (χ4v) is 6.90. The van der Waals surface area contributed by atoms with Crippen LogP contribution in [0.3, 0.4) is 0 Å². The van der Waals surface area contributed by atoms with E-state index in [9.17, 15) is 9.90 Å². The molecule has 38 heavy (non-hydrogen) atoms. The lowest BCUT2D eigenvalue weighted by Crippen LogP contribution is -2.59. The molecule has 9 heteroatoms. The average molecular weight is 520 g/mol. The molecule has 0 atom stereocenters. The first-order chi connectivity index (χ1) is 18.4. The summed E-state index contributed by atoms with van der Waals surface area (Å²) in [6.45, 7) is 4.81. The third-order valence-corrected chi connectivity index (χ3v) is 9.79. The zero-order chi connectivity index (χ0) is 26.4. The zero-order valence-corrected chi connectivity index (χ0v) is 22.8. The number of β-amino-alcohol motifs (C(OH)–C–C–N with tert-alkyl or cyclic N) is 1. The highest BCUT2D eigenvalue weighted by Crippen LogP contribution is 2.48. The van der Waals surface area contributed by atoms with Crippen molar-refractivity contribution in [2.45, 2.75) is 61.6 Å². The molecule has 2 amide bonds. The van der Waals surface area contributed by atoms with Crippen molar-refractivity contribution < 1.29 is 9.90 Å². The molecule has 0 bridgehead atoms. The second-order valence-corrected chi connectivity index (χ2v) is 12.0. The van der Waals surface area contributed by atoms with Gasteiger partial charge in [-0.1, -0.05) is 30.3 Å². The summed E-state index contributed by atoms with van der Waals surface area (Å²) in [5, 5.41) is 14.8. The summed E-state index contributed by atoms with van der Waals surface area (Å²) in [7, 11) is 4.18. The number of anilines is 2. The summed E-state index contributed by atoms with van der Waals surface area (Å²) < 4.78 is 0. The van der Waals surface area contributed by atoms with E-state index < -0.39 is 5.60 Å². The molecule has 6 rings (SSSR count). The number of hydrogen-bond donors (Lipinski definition) is 2. The Hall–Kier alpha value is -2.75. The second-order valence-electron chi connectivity index (χ2n) is 12.0. The first-order valence-electron chi connectivity index (χ1n) is 14.2. The molecule has 3 heterocycles. The molecule has 2 aromatic rings. The Labute approximate surface area is 225 Å². The van der Waals surface area contributed by atoms with Crippen LogP contribution in [0.2, 0.25) is 0 Å². The van der Waals surface area contributed by atoms with Crippen LogP contribution in [0, 0.1) is 0 Å². The van der Waals surface area contributed by atoms with E-state index in [1.54, 1.807) is 12.4 Å². The smallest absolute Gasteiger partial charge is 0.325 e. The van der Waals surface area contributed by atoms with Gasteiger partial charge in [-0.05, 0) is 64.6 Å². The van der Waals surface area contributed by atoms with Crippen molar-refractivity contribution in [1.82, 2.24) is 25.1 Å². The van der Waals surface area contributed by atoms with Crippen molar-refractivity contribution >= 4 is 17.7 Å². The van der Waals surface area contributed by atoms with Crippen LogP contribution in [0.25, 0.3) is 0 Å². The standard InChI is InChI=1S/C29H41N7O2/c1-30-29(23-7-4-3-5-8-23)13-11-27(12-14-29)21-35(26(37)36(27)22-28(38)9-6-10-28)24-19-31-25(32-20-24)34-17-15-33(2)16-18-34/h3-5,7-8,19-20,30,38H,6,9-18,21-22H2,1-2H3. The van der Waals surface area contributed by atoms with Gasteiger partial charge in [0.25, 0.3) is 0 Å². The summed E-state index contributed by atoms with van der Waals surface area (Å²) >= 11 is 0. The number of carbonyl (C=O) groups is 1. The lowest BCUT2D eigenvalue weighted by Gasteiger charge is -2.50. The van der Waals surface area contributed by atoms with Gasteiger partial charge in [-0.25, -0.2) is 14.8 Å². The molecule has 1 spiro atoms. The molecule has 2 saturated heterocycles. The molecule has 1 aromatic carbocycles. The first kappa shape index (κ1) is 25.5. The predicted molar refractivity (Wildman–Crippen MR) is 148 cm³/mol. The minimum absolute atomic E-state index is 0.0297. The number of rotatable bonds is 6. The van der Waals surface area contributed by atoms with Crippen LogP contribution in [-0.4, -0.2) is 95.4 Å². The van der Waals surface area contributed by atoms with E-state index in [0.29, 0.717) is 13.1 Å². The van der Waals surface area contributed by atoms with E-state index in [2.05, 4.69) is 62.5 Å². The molecular formula is C29H41N7O2. The molecule has 204 valence electrons. The van der Waals surface area contributed by atoms with E-state index in [1.165, 1.54) is 5.56 Å². The Bertz CT molecular complexity index is 1120. The summed E-state index contributed by atoms with van der Waals surface area (Å²) in [5.74, 6) is 0.725. The van der Waals surface area contributed by atoms with E-state index in [4.69, 9.17) is 0 Å². The van der Waals surface area contributed by atoms with Crippen LogP contribution < -0.4 is 15.1 Å². The van der Waals surface area contributed by atoms with Crippen LogP contribution in [0.5, 0.6) is 0 Å². The van der Waals surface area contributed by atoms with E-state index in [0.717, 1.165) is 82.8 Å². The topological polar surface area (TPSA) is 88.1 Å². The van der Waals surface area contributed by atoms with Gasteiger partial charge >= 0.3 is 6.03 Å². The first-order valence-corrected chi connectivity index (χ1v) is 14.2. The fourth-order valence-electron chi connectivity index (χ4n) is 6.90. The third-order valence-electron chi connectivity index (χ3n) is 9.79. The van der Waals surface area contributed by atoms with Crippen molar-refractivity contribution in [3.05, 3.63) is 48.3 Å². The van der Waals surface area contributed by atoms with Crippen LogP contribution >= 0.6 is 0 Å². The van der Waals surface area contributed by atoms with Gasteiger partial charge in [0.15, 0.2) is 0 Å². The SMILES string of the molecule is CNC1(c2ccccc2)CCC2(CC1)CN(c1cnc(N3CCN(C)CC3)nc1)C(=O)N2CC1(O)CCC1. The summed E-state index contributed by atoms with van der Waals surface area (Å²) in [5.41, 5.74) is 0.861. The Kier molecular flexibility index (Phi) is 6.56. The van der Waals surface area contributed by atoms with Crippen LogP contribution in [0.1, 0.15) is 50.5 Å². The van der Waals surface area contributed by atoms with Gasteiger partial charge in [0, 0.05) is 31.7 Å². The normalized spacial score (nSPS) is 29.7. The number of benzene rings is 1. The summed E-state index contributed by atoms with van der Waals surface area (Å²) in [6.07, 6.45) is 9.78. The number of nitrogens with one attached hydrogen (secondary N) is 1. The number of aromatic nitrogens is 2. The number of nitrogens with zero attached hydrogens (tertiary/aromatic N) is 6. The maximum atomic E-state index is 14.0. The van der Waals surface area contributed by atoms with Crippen molar-refractivity contribution in [3.8, 4) is 0 Å². The van der Waals surface area contributed by atoms with Crippen LogP contribution in [-0.2, 0) is 5.54 Å². The number of urea groups is 1. The summed E-state index contributed by atoms with van der Waals surface area (Å²) in [4.78, 5) is 31.7. The number of aliphatic hydroxyl groups is 1. The van der Waals surface area contributed by atoms with Gasteiger partial charge in [-0.3, -0.25) is 4.90 Å². The molecule has 4 aliphatic rings. The third kappa shape index (κ3) is 4.44. The lowest BCUT2D eigenvalue weighted by atomic mass is 9.68. The minimum Gasteiger partial charge on any atom is -0.388 e. The molecule has 0 unspecified atom stereocenters. The van der Waals surface area contributed by atoms with Crippen molar-refractivity contribution in [1.29, 1.82) is 0 Å². The highest BCUT2D eigenvalue weighted by molar-refractivity contribution is 5.95.